The summed E-state index contributed by atoms with van der Waals surface area (Å²) in [6.45, 7) is 1.82. The lowest BCUT2D eigenvalue weighted by molar-refractivity contribution is -0.137. The molecule has 7 nitrogen and oxygen atoms in total. The molecule has 2 N–H and O–H groups in total. The number of carbonyl (C=O) groups is 1. The van der Waals surface area contributed by atoms with Crippen LogP contribution in [0.4, 0.5) is 24.5 Å². The van der Waals surface area contributed by atoms with Gasteiger partial charge in [-0.05, 0) is 55.5 Å². The highest BCUT2D eigenvalue weighted by Gasteiger charge is 2.31. The van der Waals surface area contributed by atoms with E-state index in [9.17, 15) is 26.4 Å². The van der Waals surface area contributed by atoms with Crippen molar-refractivity contribution in [3.05, 3.63) is 83.7 Å². The van der Waals surface area contributed by atoms with Gasteiger partial charge in [-0.25, -0.2) is 13.4 Å². The molecule has 0 aliphatic heterocycles. The van der Waals surface area contributed by atoms with Crippen LogP contribution in [0, 0.1) is 6.92 Å². The summed E-state index contributed by atoms with van der Waals surface area (Å²) in [7, 11) is -3.80. The summed E-state index contributed by atoms with van der Waals surface area (Å²) in [4.78, 5) is 17.4. The Kier molecular flexibility index (Phi) is 5.82. The van der Waals surface area contributed by atoms with Crippen LogP contribution in [0.1, 0.15) is 21.7 Å². The van der Waals surface area contributed by atoms with Gasteiger partial charge < -0.3 is 5.32 Å². The molecule has 11 heteroatoms. The number of nitrogens with zero attached hydrogens (tertiary/aromatic N) is 2. The fourth-order valence-electron chi connectivity index (χ4n) is 3.55. The number of anilines is 2. The number of halogens is 3. The van der Waals surface area contributed by atoms with E-state index in [1.54, 1.807) is 6.07 Å². The predicted octanol–water partition coefficient (Wildman–Crippen LogP) is 4.98. The van der Waals surface area contributed by atoms with Crippen LogP contribution in [0.3, 0.4) is 0 Å². The normalized spacial score (nSPS) is 12.0. The molecule has 0 atom stereocenters. The second-order valence-corrected chi connectivity index (χ2v) is 9.37. The second-order valence-electron chi connectivity index (χ2n) is 7.62. The van der Waals surface area contributed by atoms with E-state index in [-0.39, 0.29) is 16.9 Å². The van der Waals surface area contributed by atoms with Gasteiger partial charge in [-0.2, -0.15) is 13.2 Å². The van der Waals surface area contributed by atoms with E-state index in [1.165, 1.54) is 12.1 Å². The number of imidazole rings is 1. The van der Waals surface area contributed by atoms with Gasteiger partial charge in [0.2, 0.25) is 10.0 Å². The van der Waals surface area contributed by atoms with Crippen LogP contribution in [0.15, 0.2) is 66.7 Å². The molecule has 0 radical (unpaired) electrons. The van der Waals surface area contributed by atoms with Crippen LogP contribution in [0.2, 0.25) is 0 Å². The Morgan fingerprint density at radius 1 is 0.971 bits per heavy atom. The molecule has 1 heterocycles. The number of rotatable bonds is 5. The maximum absolute atomic E-state index is 13.2. The summed E-state index contributed by atoms with van der Waals surface area (Å²) in [6, 6.07) is 16.6. The standard InChI is InChI=1S/C23H19F3N4O3S/c1-14-27-20-12-15(8-11-21(20)30(14)17-6-4-3-5-7-17)22(31)28-19-13-16(23(24,25)26)9-10-18(19)29-34(2,32)33/h3-13,29H,1-2H3,(H,28,31). The largest absolute Gasteiger partial charge is 0.416 e. The highest BCUT2D eigenvalue weighted by molar-refractivity contribution is 7.92. The molecule has 0 fully saturated rings. The molecule has 0 bridgehead atoms. The van der Waals surface area contributed by atoms with Gasteiger partial charge >= 0.3 is 6.18 Å². The van der Waals surface area contributed by atoms with Crippen LogP contribution >= 0.6 is 0 Å². The number of sulfonamides is 1. The van der Waals surface area contributed by atoms with E-state index in [2.05, 4.69) is 15.0 Å². The molecule has 0 saturated carbocycles. The van der Waals surface area contributed by atoms with E-state index in [0.29, 0.717) is 17.4 Å². The number of carbonyl (C=O) groups excluding carboxylic acids is 1. The number of hydrogen-bond acceptors (Lipinski definition) is 4. The van der Waals surface area contributed by atoms with Crippen molar-refractivity contribution in [3.8, 4) is 5.69 Å². The van der Waals surface area contributed by atoms with Crippen LogP contribution in [0.5, 0.6) is 0 Å². The van der Waals surface area contributed by atoms with E-state index >= 15 is 0 Å². The lowest BCUT2D eigenvalue weighted by Crippen LogP contribution is -2.17. The Bertz CT molecular complexity index is 1500. The van der Waals surface area contributed by atoms with Crippen molar-refractivity contribution < 1.29 is 26.4 Å². The van der Waals surface area contributed by atoms with Crippen molar-refractivity contribution >= 4 is 38.3 Å². The number of nitrogens with one attached hydrogen (secondary N) is 2. The molecule has 0 aliphatic carbocycles. The van der Waals surface area contributed by atoms with Gasteiger partial charge in [0.25, 0.3) is 5.91 Å². The molecular weight excluding hydrogens is 469 g/mol. The first-order chi connectivity index (χ1) is 15.9. The van der Waals surface area contributed by atoms with E-state index in [1.807, 2.05) is 41.8 Å². The third-order valence-electron chi connectivity index (χ3n) is 4.99. The van der Waals surface area contributed by atoms with Crippen LogP contribution in [-0.2, 0) is 16.2 Å². The molecule has 34 heavy (non-hydrogen) atoms. The fraction of sp³-hybridized carbons (Fsp3) is 0.130. The smallest absolute Gasteiger partial charge is 0.320 e. The highest BCUT2D eigenvalue weighted by atomic mass is 32.2. The number of fused-ring (bicyclic) bond motifs is 1. The number of alkyl halides is 3. The van der Waals surface area contributed by atoms with Gasteiger partial charge in [0.1, 0.15) is 5.82 Å². The Labute approximate surface area is 193 Å². The van der Waals surface area contributed by atoms with Crippen molar-refractivity contribution in [2.75, 3.05) is 16.3 Å². The molecule has 0 aliphatic rings. The van der Waals surface area contributed by atoms with Gasteiger partial charge in [-0.3, -0.25) is 14.1 Å². The highest BCUT2D eigenvalue weighted by Crippen LogP contribution is 2.34. The number of hydrogen-bond donors (Lipinski definition) is 2. The zero-order chi connectivity index (χ0) is 24.7. The molecule has 3 aromatic carbocycles. The monoisotopic (exact) mass is 488 g/mol. The van der Waals surface area contributed by atoms with Gasteiger partial charge in [0.15, 0.2) is 0 Å². The molecule has 4 aromatic rings. The Morgan fingerprint density at radius 3 is 2.32 bits per heavy atom. The number of aromatic nitrogens is 2. The number of amides is 1. The summed E-state index contributed by atoms with van der Waals surface area (Å²) < 4.78 is 66.9. The average molecular weight is 488 g/mol. The van der Waals surface area contributed by atoms with E-state index in [4.69, 9.17) is 0 Å². The fourth-order valence-corrected chi connectivity index (χ4v) is 4.13. The zero-order valence-electron chi connectivity index (χ0n) is 18.0. The quantitative estimate of drug-likeness (QED) is 0.415. The van der Waals surface area contributed by atoms with Crippen LogP contribution in [0.25, 0.3) is 16.7 Å². The van der Waals surface area contributed by atoms with Gasteiger partial charge in [-0.15, -0.1) is 0 Å². The number of benzene rings is 3. The molecule has 4 rings (SSSR count). The molecule has 1 amide bonds. The third-order valence-corrected chi connectivity index (χ3v) is 5.58. The van der Waals surface area contributed by atoms with Gasteiger partial charge in [0.05, 0.1) is 34.2 Å². The van der Waals surface area contributed by atoms with Crippen molar-refractivity contribution in [2.24, 2.45) is 0 Å². The second kappa shape index (κ2) is 8.49. The minimum Gasteiger partial charge on any atom is -0.320 e. The first-order valence-corrected chi connectivity index (χ1v) is 11.9. The molecule has 176 valence electrons. The first kappa shape index (κ1) is 23.3. The topological polar surface area (TPSA) is 93.1 Å². The van der Waals surface area contributed by atoms with Crippen LogP contribution < -0.4 is 10.0 Å². The summed E-state index contributed by atoms with van der Waals surface area (Å²) in [6.07, 6.45) is -3.82. The number of aryl methyl sites for hydroxylation is 1. The number of para-hydroxylation sites is 1. The van der Waals surface area contributed by atoms with Crippen molar-refractivity contribution in [1.29, 1.82) is 0 Å². The SMILES string of the molecule is Cc1nc2cc(C(=O)Nc3cc(C(F)(F)F)ccc3NS(C)(=O)=O)ccc2n1-c1ccccc1. The Balaban J connectivity index is 1.70. The first-order valence-electron chi connectivity index (χ1n) is 9.97. The maximum Gasteiger partial charge on any atom is 0.416 e. The molecule has 0 spiro atoms. The minimum atomic E-state index is -4.68. The summed E-state index contributed by atoms with van der Waals surface area (Å²) >= 11 is 0. The van der Waals surface area contributed by atoms with E-state index in [0.717, 1.165) is 29.6 Å². The predicted molar refractivity (Wildman–Crippen MR) is 124 cm³/mol. The van der Waals surface area contributed by atoms with Crippen LogP contribution in [-0.4, -0.2) is 30.1 Å². The molecular formula is C23H19F3N4O3S. The summed E-state index contributed by atoms with van der Waals surface area (Å²) in [5.74, 6) is -0.0269. The van der Waals surface area contributed by atoms with Crippen molar-refractivity contribution in [1.82, 2.24) is 9.55 Å². The third kappa shape index (κ3) is 4.88. The maximum atomic E-state index is 13.2. The molecule has 1 aromatic heterocycles. The summed E-state index contributed by atoms with van der Waals surface area (Å²) in [5, 5.41) is 2.38. The minimum absolute atomic E-state index is 0.146. The lowest BCUT2D eigenvalue weighted by Gasteiger charge is -2.15. The molecule has 0 saturated heterocycles. The van der Waals surface area contributed by atoms with E-state index < -0.39 is 27.7 Å². The Morgan fingerprint density at radius 2 is 1.68 bits per heavy atom. The van der Waals surface area contributed by atoms with Crippen molar-refractivity contribution in [3.63, 3.8) is 0 Å². The van der Waals surface area contributed by atoms with Gasteiger partial charge in [0, 0.05) is 11.3 Å². The Hall–Kier alpha value is -3.86. The lowest BCUT2D eigenvalue weighted by atomic mass is 10.1. The summed E-state index contributed by atoms with van der Waals surface area (Å²) in [5.41, 5.74) is 0.763. The molecule has 0 unspecified atom stereocenters. The zero-order valence-corrected chi connectivity index (χ0v) is 18.8. The average Bonchev–Trinajstić information content (AvgIpc) is 3.08. The van der Waals surface area contributed by atoms with Gasteiger partial charge in [-0.1, -0.05) is 18.2 Å². The van der Waals surface area contributed by atoms with Crippen molar-refractivity contribution in [2.45, 2.75) is 13.1 Å².